The minimum atomic E-state index is -1.01. The lowest BCUT2D eigenvalue weighted by Crippen LogP contribution is -2.40. The third-order valence-electron chi connectivity index (χ3n) is 3.51. The molecule has 1 aromatic carbocycles. The van der Waals surface area contributed by atoms with Crippen LogP contribution in [0.1, 0.15) is 25.3 Å². The monoisotopic (exact) mass is 321 g/mol. The van der Waals surface area contributed by atoms with Crippen LogP contribution in [0.15, 0.2) is 24.3 Å². The molecule has 0 saturated carbocycles. The number of aryl methyl sites for hydroxylation is 1. The van der Waals surface area contributed by atoms with E-state index in [4.69, 9.17) is 0 Å². The molecule has 1 aromatic rings. The second-order valence-electron chi connectivity index (χ2n) is 5.80. The van der Waals surface area contributed by atoms with Gasteiger partial charge in [-0.15, -0.1) is 0 Å². The highest BCUT2D eigenvalue weighted by Crippen LogP contribution is 2.10. The molecule has 1 atom stereocenters. The summed E-state index contributed by atoms with van der Waals surface area (Å²) in [5.74, 6) is -1.31. The van der Waals surface area contributed by atoms with Gasteiger partial charge in [-0.2, -0.15) is 0 Å². The van der Waals surface area contributed by atoms with E-state index in [-0.39, 0.29) is 12.3 Å². The number of anilines is 1. The SMILES string of the molecule is CCc1ccc(NC(=O)C[C@H](NCCCN(C)C)C(=O)O)cc1. The van der Waals surface area contributed by atoms with Crippen molar-refractivity contribution in [3.63, 3.8) is 0 Å². The van der Waals surface area contributed by atoms with Gasteiger partial charge < -0.3 is 20.6 Å². The van der Waals surface area contributed by atoms with Gasteiger partial charge >= 0.3 is 5.97 Å². The van der Waals surface area contributed by atoms with Crippen LogP contribution in [0.25, 0.3) is 0 Å². The van der Waals surface area contributed by atoms with Gasteiger partial charge in [-0.05, 0) is 57.7 Å². The van der Waals surface area contributed by atoms with Gasteiger partial charge in [-0.1, -0.05) is 19.1 Å². The van der Waals surface area contributed by atoms with E-state index >= 15 is 0 Å². The van der Waals surface area contributed by atoms with Crippen molar-refractivity contribution in [2.45, 2.75) is 32.2 Å². The number of nitrogens with zero attached hydrogens (tertiary/aromatic N) is 1. The number of nitrogens with one attached hydrogen (secondary N) is 2. The predicted octanol–water partition coefficient (Wildman–Crippen LogP) is 1.57. The van der Waals surface area contributed by atoms with Crippen molar-refractivity contribution in [1.29, 1.82) is 0 Å². The van der Waals surface area contributed by atoms with Crippen LogP contribution in [0.2, 0.25) is 0 Å². The molecule has 6 heteroatoms. The molecule has 0 fully saturated rings. The van der Waals surface area contributed by atoms with E-state index in [1.807, 2.05) is 43.3 Å². The number of carboxylic acid groups (broad SMARTS) is 1. The summed E-state index contributed by atoms with van der Waals surface area (Å²) >= 11 is 0. The van der Waals surface area contributed by atoms with Crippen molar-refractivity contribution in [2.75, 3.05) is 32.5 Å². The first kappa shape index (κ1) is 19.1. The fraction of sp³-hybridized carbons (Fsp3) is 0.529. The number of carboxylic acids is 1. The van der Waals surface area contributed by atoms with Gasteiger partial charge in [-0.3, -0.25) is 9.59 Å². The molecular formula is C17H27N3O3. The number of benzene rings is 1. The molecular weight excluding hydrogens is 294 g/mol. The first-order chi connectivity index (χ1) is 10.9. The summed E-state index contributed by atoms with van der Waals surface area (Å²) in [7, 11) is 3.93. The number of aliphatic carboxylic acids is 1. The Kier molecular flexibility index (Phi) is 8.29. The van der Waals surface area contributed by atoms with E-state index in [2.05, 4.69) is 17.6 Å². The Labute approximate surface area is 137 Å². The highest BCUT2D eigenvalue weighted by atomic mass is 16.4. The maximum Gasteiger partial charge on any atom is 0.321 e. The molecule has 0 spiro atoms. The summed E-state index contributed by atoms with van der Waals surface area (Å²) < 4.78 is 0. The second kappa shape index (κ2) is 9.97. The minimum Gasteiger partial charge on any atom is -0.480 e. The molecule has 0 bridgehead atoms. The lowest BCUT2D eigenvalue weighted by atomic mass is 10.1. The van der Waals surface area contributed by atoms with Crippen molar-refractivity contribution < 1.29 is 14.7 Å². The van der Waals surface area contributed by atoms with Gasteiger partial charge in [0.25, 0.3) is 0 Å². The Balaban J connectivity index is 2.45. The fourth-order valence-electron chi connectivity index (χ4n) is 2.14. The lowest BCUT2D eigenvalue weighted by Gasteiger charge is -2.15. The van der Waals surface area contributed by atoms with E-state index in [0.717, 1.165) is 19.4 Å². The highest BCUT2D eigenvalue weighted by Gasteiger charge is 2.20. The maximum absolute atomic E-state index is 12.0. The van der Waals surface area contributed by atoms with E-state index in [0.29, 0.717) is 12.2 Å². The van der Waals surface area contributed by atoms with Crippen LogP contribution in [0.3, 0.4) is 0 Å². The first-order valence-electron chi connectivity index (χ1n) is 7.92. The maximum atomic E-state index is 12.0. The Morgan fingerprint density at radius 1 is 1.22 bits per heavy atom. The number of hydrogen-bond donors (Lipinski definition) is 3. The predicted molar refractivity (Wildman–Crippen MR) is 91.7 cm³/mol. The zero-order valence-corrected chi connectivity index (χ0v) is 14.1. The molecule has 0 aliphatic rings. The summed E-state index contributed by atoms with van der Waals surface area (Å²) in [6.07, 6.45) is 1.68. The smallest absolute Gasteiger partial charge is 0.321 e. The van der Waals surface area contributed by atoms with Crippen LogP contribution >= 0.6 is 0 Å². The molecule has 0 radical (unpaired) electrons. The average Bonchev–Trinajstić information content (AvgIpc) is 2.50. The van der Waals surface area contributed by atoms with Crippen molar-refractivity contribution in [3.8, 4) is 0 Å². The summed E-state index contributed by atoms with van der Waals surface area (Å²) in [5, 5.41) is 14.9. The van der Waals surface area contributed by atoms with Gasteiger partial charge in [-0.25, -0.2) is 0 Å². The summed E-state index contributed by atoms with van der Waals surface area (Å²) in [4.78, 5) is 25.3. The normalized spacial score (nSPS) is 12.2. The minimum absolute atomic E-state index is 0.0904. The van der Waals surface area contributed by atoms with Crippen molar-refractivity contribution in [1.82, 2.24) is 10.2 Å². The van der Waals surface area contributed by atoms with Crippen LogP contribution in [0.5, 0.6) is 0 Å². The molecule has 0 aromatic heterocycles. The molecule has 0 aliphatic heterocycles. The summed E-state index contributed by atoms with van der Waals surface area (Å²) in [5.41, 5.74) is 1.87. The molecule has 0 saturated heterocycles. The van der Waals surface area contributed by atoms with Crippen LogP contribution in [0, 0.1) is 0 Å². The lowest BCUT2D eigenvalue weighted by molar-refractivity contribution is -0.141. The molecule has 3 N–H and O–H groups in total. The Hall–Kier alpha value is -1.92. The number of carbonyl (C=O) groups is 2. The number of carbonyl (C=O) groups excluding carboxylic acids is 1. The molecule has 0 unspecified atom stereocenters. The van der Waals surface area contributed by atoms with E-state index in [1.54, 1.807) is 0 Å². The quantitative estimate of drug-likeness (QED) is 0.570. The van der Waals surface area contributed by atoms with Crippen LogP contribution in [0.4, 0.5) is 5.69 Å². The van der Waals surface area contributed by atoms with Gasteiger partial charge in [0.1, 0.15) is 6.04 Å². The van der Waals surface area contributed by atoms with E-state index < -0.39 is 12.0 Å². The van der Waals surface area contributed by atoms with Crippen molar-refractivity contribution >= 4 is 17.6 Å². The third-order valence-corrected chi connectivity index (χ3v) is 3.51. The topological polar surface area (TPSA) is 81.7 Å². The second-order valence-corrected chi connectivity index (χ2v) is 5.80. The van der Waals surface area contributed by atoms with Crippen molar-refractivity contribution in [3.05, 3.63) is 29.8 Å². The fourth-order valence-corrected chi connectivity index (χ4v) is 2.14. The van der Waals surface area contributed by atoms with E-state index in [1.165, 1.54) is 5.56 Å². The molecule has 1 rings (SSSR count). The number of rotatable bonds is 10. The van der Waals surface area contributed by atoms with Gasteiger partial charge in [0, 0.05) is 5.69 Å². The summed E-state index contributed by atoms with van der Waals surface area (Å²) in [6.45, 7) is 3.50. The molecule has 23 heavy (non-hydrogen) atoms. The Bertz CT molecular complexity index is 500. The van der Waals surface area contributed by atoms with Gasteiger partial charge in [0.15, 0.2) is 0 Å². The largest absolute Gasteiger partial charge is 0.480 e. The zero-order chi connectivity index (χ0) is 17.2. The number of amides is 1. The molecule has 0 aliphatic carbocycles. The van der Waals surface area contributed by atoms with Gasteiger partial charge in [0.2, 0.25) is 5.91 Å². The van der Waals surface area contributed by atoms with E-state index in [9.17, 15) is 14.7 Å². The van der Waals surface area contributed by atoms with Crippen LogP contribution < -0.4 is 10.6 Å². The molecule has 0 heterocycles. The third kappa shape index (κ3) is 7.76. The molecule has 128 valence electrons. The summed E-state index contributed by atoms with van der Waals surface area (Å²) in [6, 6.07) is 6.69. The van der Waals surface area contributed by atoms with Crippen LogP contribution in [-0.2, 0) is 16.0 Å². The Morgan fingerprint density at radius 3 is 2.39 bits per heavy atom. The number of hydrogen-bond acceptors (Lipinski definition) is 4. The Morgan fingerprint density at radius 2 is 1.87 bits per heavy atom. The van der Waals surface area contributed by atoms with Crippen LogP contribution in [-0.4, -0.2) is 55.1 Å². The molecule has 1 amide bonds. The standard InChI is InChI=1S/C17H27N3O3/c1-4-13-6-8-14(9-7-13)19-16(21)12-15(17(22)23)18-10-5-11-20(2)3/h6-9,15,18H,4-5,10-12H2,1-3H3,(H,19,21)(H,22,23)/t15-/m0/s1. The molecule has 6 nitrogen and oxygen atoms in total. The van der Waals surface area contributed by atoms with Crippen molar-refractivity contribution in [2.24, 2.45) is 0 Å². The zero-order valence-electron chi connectivity index (χ0n) is 14.1. The first-order valence-corrected chi connectivity index (χ1v) is 7.92. The highest BCUT2D eigenvalue weighted by molar-refractivity contribution is 5.94. The average molecular weight is 321 g/mol. The van der Waals surface area contributed by atoms with Gasteiger partial charge in [0.05, 0.1) is 6.42 Å².